The van der Waals surface area contributed by atoms with Crippen LogP contribution in [-0.2, 0) is 59.2 Å². The smallest absolute Gasteiger partial charge is 0.189 e. The van der Waals surface area contributed by atoms with Crippen LogP contribution in [0, 0.1) is 5.92 Å². The summed E-state index contributed by atoms with van der Waals surface area (Å²) in [6, 6.07) is 4.26. The lowest BCUT2D eigenvalue weighted by atomic mass is 9.48. The number of rotatable bonds is 30. The van der Waals surface area contributed by atoms with E-state index in [1.165, 1.54) is 24.8 Å². The van der Waals surface area contributed by atoms with Gasteiger partial charge in [0.25, 0.3) is 0 Å². The molecular formula is C40H65NO13. The van der Waals surface area contributed by atoms with Crippen molar-refractivity contribution in [3.63, 3.8) is 0 Å². The van der Waals surface area contributed by atoms with Gasteiger partial charge in [-0.1, -0.05) is 12.5 Å². The number of aliphatic hydroxyl groups is 1. The molecule has 2 saturated carbocycles. The molecule has 1 N–H and O–H groups in total. The van der Waals surface area contributed by atoms with Gasteiger partial charge in [0.05, 0.1) is 123 Å². The van der Waals surface area contributed by atoms with Gasteiger partial charge in [-0.3, -0.25) is 4.90 Å². The molecule has 5 aliphatic rings. The van der Waals surface area contributed by atoms with E-state index in [0.717, 1.165) is 49.6 Å². The monoisotopic (exact) mass is 767 g/mol. The number of hydrogen-bond acceptors (Lipinski definition) is 14. The standard InChI is InChI=1S/C40H65NO13/c1-43-12-14-45-16-17-46-18-19-47-20-21-48-22-23-49-24-25-50-26-27-52-34-8-9-40(42)35-28-32-6-7-33(53-30-51-15-13-44-2)37-36(32)39(40,38(34)54-37)10-11-41(35)29-31-4-3-5-31/h6-7,31,34-35,38,42H,3-5,8-30H2,1-2H3/t34-,35+,38?,39-,40+/m0/s1. The Morgan fingerprint density at radius 1 is 0.704 bits per heavy atom. The van der Waals surface area contributed by atoms with Crippen LogP contribution >= 0.6 is 0 Å². The van der Waals surface area contributed by atoms with Crippen molar-refractivity contribution in [3.8, 4) is 11.5 Å². The van der Waals surface area contributed by atoms with Gasteiger partial charge in [-0.25, -0.2) is 0 Å². The van der Waals surface area contributed by atoms with Crippen LogP contribution in [0.25, 0.3) is 0 Å². The molecule has 3 aliphatic carbocycles. The maximum Gasteiger partial charge on any atom is 0.189 e. The molecule has 308 valence electrons. The van der Waals surface area contributed by atoms with E-state index in [4.69, 9.17) is 56.8 Å². The molecule has 2 heterocycles. The molecule has 2 bridgehead atoms. The highest BCUT2D eigenvalue weighted by atomic mass is 16.7. The van der Waals surface area contributed by atoms with Gasteiger partial charge in [0.2, 0.25) is 0 Å². The van der Waals surface area contributed by atoms with Crippen LogP contribution in [0.5, 0.6) is 11.5 Å². The Labute approximate surface area is 321 Å². The molecule has 2 aliphatic heterocycles. The predicted octanol–water partition coefficient (Wildman–Crippen LogP) is 2.77. The summed E-state index contributed by atoms with van der Waals surface area (Å²) >= 11 is 0. The molecule has 1 saturated heterocycles. The first kappa shape index (κ1) is 42.0. The largest absolute Gasteiger partial charge is 0.482 e. The number of piperidine rings is 1. The van der Waals surface area contributed by atoms with Gasteiger partial charge in [0, 0.05) is 32.4 Å². The van der Waals surface area contributed by atoms with Crippen LogP contribution in [0.4, 0.5) is 0 Å². The highest BCUT2D eigenvalue weighted by molar-refractivity contribution is 5.63. The summed E-state index contributed by atoms with van der Waals surface area (Å²) in [7, 11) is 3.30. The van der Waals surface area contributed by atoms with Gasteiger partial charge in [-0.15, -0.1) is 0 Å². The van der Waals surface area contributed by atoms with Gasteiger partial charge in [-0.2, -0.15) is 0 Å². The lowest BCUT2D eigenvalue weighted by Gasteiger charge is -2.64. The van der Waals surface area contributed by atoms with Crippen LogP contribution < -0.4 is 9.47 Å². The van der Waals surface area contributed by atoms with E-state index in [-0.39, 0.29) is 25.0 Å². The first-order chi connectivity index (χ1) is 26.6. The van der Waals surface area contributed by atoms with Crippen molar-refractivity contribution in [2.24, 2.45) is 5.92 Å². The van der Waals surface area contributed by atoms with Crippen molar-refractivity contribution in [2.75, 3.05) is 140 Å². The number of ether oxygens (including phenoxy) is 12. The van der Waals surface area contributed by atoms with Gasteiger partial charge in [0.1, 0.15) is 6.10 Å². The van der Waals surface area contributed by atoms with Crippen molar-refractivity contribution in [1.29, 1.82) is 0 Å². The zero-order chi connectivity index (χ0) is 37.5. The van der Waals surface area contributed by atoms with Gasteiger partial charge < -0.3 is 61.9 Å². The number of methoxy groups -OCH3 is 2. The van der Waals surface area contributed by atoms with Crippen LogP contribution in [-0.4, -0.2) is 174 Å². The Kier molecular flexibility index (Phi) is 16.9. The summed E-state index contributed by atoms with van der Waals surface area (Å²) in [5.41, 5.74) is 0.939. The summed E-state index contributed by atoms with van der Waals surface area (Å²) in [6.07, 6.45) is 6.49. The Balaban J connectivity index is 0.901. The molecule has 14 heteroatoms. The van der Waals surface area contributed by atoms with Crippen molar-refractivity contribution >= 4 is 0 Å². The van der Waals surface area contributed by atoms with E-state index >= 15 is 0 Å². The van der Waals surface area contributed by atoms with Crippen LogP contribution in [0.15, 0.2) is 12.1 Å². The molecule has 3 fully saturated rings. The zero-order valence-corrected chi connectivity index (χ0v) is 32.6. The highest BCUT2D eigenvalue weighted by Gasteiger charge is 2.73. The average molecular weight is 768 g/mol. The van der Waals surface area contributed by atoms with E-state index < -0.39 is 11.0 Å². The molecule has 0 amide bonds. The fraction of sp³-hybridized carbons (Fsp3) is 0.850. The maximum atomic E-state index is 12.9. The Hall–Kier alpha value is -1.66. The highest BCUT2D eigenvalue weighted by Crippen LogP contribution is 2.66. The third kappa shape index (κ3) is 10.1. The van der Waals surface area contributed by atoms with Crippen LogP contribution in [0.3, 0.4) is 0 Å². The first-order valence-corrected chi connectivity index (χ1v) is 20.2. The van der Waals surface area contributed by atoms with Crippen LogP contribution in [0.2, 0.25) is 0 Å². The zero-order valence-electron chi connectivity index (χ0n) is 32.6. The second-order valence-corrected chi connectivity index (χ2v) is 14.9. The summed E-state index contributed by atoms with van der Waals surface area (Å²) in [4.78, 5) is 2.60. The lowest BCUT2D eigenvalue weighted by molar-refractivity contribution is -0.218. The molecular weight excluding hydrogens is 702 g/mol. The summed E-state index contributed by atoms with van der Waals surface area (Å²) in [6.45, 7) is 10.2. The molecule has 14 nitrogen and oxygen atoms in total. The molecule has 6 rings (SSSR count). The van der Waals surface area contributed by atoms with Crippen molar-refractivity contribution < 1.29 is 61.9 Å². The molecule has 54 heavy (non-hydrogen) atoms. The lowest BCUT2D eigenvalue weighted by Crippen LogP contribution is -2.77. The summed E-state index contributed by atoms with van der Waals surface area (Å²) in [5.74, 6) is 2.15. The second kappa shape index (κ2) is 21.8. The first-order valence-electron chi connectivity index (χ1n) is 20.2. The minimum absolute atomic E-state index is 0.0662. The number of nitrogens with zero attached hydrogens (tertiary/aromatic N) is 1. The maximum absolute atomic E-state index is 12.9. The molecule has 0 aromatic heterocycles. The SMILES string of the molecule is COCCOCCOCCOCCOCCOCCOCCO[C@H]1CC[C@@]2(O)[C@H]3Cc4ccc(OCOCCOC)c5c4[C@@]2(CCN3CC2CCC2)C1O5. The third-order valence-electron chi connectivity index (χ3n) is 11.8. The van der Waals surface area contributed by atoms with Crippen LogP contribution in [0.1, 0.15) is 49.7 Å². The molecule has 1 spiro atoms. The van der Waals surface area contributed by atoms with E-state index in [0.29, 0.717) is 118 Å². The van der Waals surface area contributed by atoms with Crippen molar-refractivity contribution in [2.45, 2.75) is 74.2 Å². The number of hydrogen-bond donors (Lipinski definition) is 1. The Morgan fingerprint density at radius 3 is 1.85 bits per heavy atom. The average Bonchev–Trinajstić information content (AvgIpc) is 3.51. The number of benzene rings is 1. The minimum Gasteiger partial charge on any atom is -0.482 e. The van der Waals surface area contributed by atoms with Gasteiger partial charge in [-0.05, 0) is 62.6 Å². The second-order valence-electron chi connectivity index (χ2n) is 14.9. The molecule has 1 aromatic carbocycles. The quantitative estimate of drug-likeness (QED) is 0.0909. The van der Waals surface area contributed by atoms with Gasteiger partial charge >= 0.3 is 0 Å². The summed E-state index contributed by atoms with van der Waals surface area (Å²) < 4.78 is 68.7. The fourth-order valence-corrected chi connectivity index (χ4v) is 8.99. The van der Waals surface area contributed by atoms with Crippen molar-refractivity contribution in [1.82, 2.24) is 4.90 Å². The number of likely N-dealkylation sites (tertiary alicyclic amines) is 1. The topological polar surface area (TPSA) is 134 Å². The molecule has 1 aromatic rings. The molecule has 5 atom stereocenters. The normalized spacial score (nSPS) is 27.1. The van der Waals surface area contributed by atoms with E-state index in [1.54, 1.807) is 14.2 Å². The summed E-state index contributed by atoms with van der Waals surface area (Å²) in [5, 5.41) is 12.9. The van der Waals surface area contributed by atoms with E-state index in [1.807, 2.05) is 6.07 Å². The third-order valence-corrected chi connectivity index (χ3v) is 11.8. The Morgan fingerprint density at radius 2 is 1.28 bits per heavy atom. The molecule has 1 unspecified atom stereocenters. The fourth-order valence-electron chi connectivity index (χ4n) is 8.99. The van der Waals surface area contributed by atoms with Gasteiger partial charge in [0.15, 0.2) is 18.3 Å². The molecule has 0 radical (unpaired) electrons. The predicted molar refractivity (Wildman–Crippen MR) is 198 cm³/mol. The van der Waals surface area contributed by atoms with E-state index in [9.17, 15) is 5.11 Å². The van der Waals surface area contributed by atoms with Crippen molar-refractivity contribution in [3.05, 3.63) is 23.3 Å². The Bertz CT molecular complexity index is 1240. The van der Waals surface area contributed by atoms with E-state index in [2.05, 4.69) is 11.0 Å². The minimum atomic E-state index is -0.898.